The minimum absolute atomic E-state index is 0.0239. The van der Waals surface area contributed by atoms with Crippen molar-refractivity contribution in [3.63, 3.8) is 0 Å². The Morgan fingerprint density at radius 1 is 1.33 bits per heavy atom. The van der Waals surface area contributed by atoms with E-state index in [1.54, 1.807) is 31.4 Å². The van der Waals surface area contributed by atoms with Crippen LogP contribution in [0.25, 0.3) is 0 Å². The zero-order valence-corrected chi connectivity index (χ0v) is 10.6. The highest BCUT2D eigenvalue weighted by molar-refractivity contribution is 5.94. The van der Waals surface area contributed by atoms with Crippen LogP contribution < -0.4 is 10.1 Å². The Morgan fingerprint density at radius 2 is 2.00 bits per heavy atom. The van der Waals surface area contributed by atoms with Crippen LogP contribution in [-0.2, 0) is 4.74 Å². The summed E-state index contributed by atoms with van der Waals surface area (Å²) >= 11 is 0. The van der Waals surface area contributed by atoms with Gasteiger partial charge in [0, 0.05) is 25.3 Å². The van der Waals surface area contributed by atoms with Gasteiger partial charge in [-0.25, -0.2) is 0 Å². The monoisotopic (exact) mass is 249 g/mol. The maximum atomic E-state index is 11.9. The summed E-state index contributed by atoms with van der Waals surface area (Å²) in [5.41, 5.74) is 0.669. The van der Waals surface area contributed by atoms with Crippen molar-refractivity contribution in [3.05, 3.63) is 29.8 Å². The fourth-order valence-corrected chi connectivity index (χ4v) is 2.03. The van der Waals surface area contributed by atoms with Crippen LogP contribution in [0.2, 0.25) is 0 Å². The molecule has 1 amide bonds. The number of nitrogens with one attached hydrogen (secondary N) is 1. The summed E-state index contributed by atoms with van der Waals surface area (Å²) in [6.07, 6.45) is 2.06. The average molecular weight is 249 g/mol. The SMILES string of the molecule is COc1ccc(C(=O)NCC2CCOCC2)cc1. The molecule has 0 atom stereocenters. The number of rotatable bonds is 4. The summed E-state index contributed by atoms with van der Waals surface area (Å²) in [6, 6.07) is 7.14. The number of carbonyl (C=O) groups is 1. The van der Waals surface area contributed by atoms with E-state index in [0.29, 0.717) is 11.5 Å². The fourth-order valence-electron chi connectivity index (χ4n) is 2.03. The molecule has 18 heavy (non-hydrogen) atoms. The van der Waals surface area contributed by atoms with Crippen molar-refractivity contribution < 1.29 is 14.3 Å². The van der Waals surface area contributed by atoms with Gasteiger partial charge in [0.15, 0.2) is 0 Å². The van der Waals surface area contributed by atoms with Gasteiger partial charge in [-0.2, -0.15) is 0 Å². The molecule has 0 aromatic heterocycles. The van der Waals surface area contributed by atoms with Gasteiger partial charge in [-0.3, -0.25) is 4.79 Å². The summed E-state index contributed by atoms with van der Waals surface area (Å²) in [6.45, 7) is 2.35. The Morgan fingerprint density at radius 3 is 2.61 bits per heavy atom. The van der Waals surface area contributed by atoms with Crippen LogP contribution in [0.3, 0.4) is 0 Å². The molecule has 4 nitrogen and oxygen atoms in total. The van der Waals surface area contributed by atoms with Gasteiger partial charge >= 0.3 is 0 Å². The molecule has 1 aromatic rings. The summed E-state index contributed by atoms with van der Waals surface area (Å²) in [5.74, 6) is 1.28. The number of hydrogen-bond donors (Lipinski definition) is 1. The van der Waals surface area contributed by atoms with Crippen LogP contribution in [0.5, 0.6) is 5.75 Å². The van der Waals surface area contributed by atoms with Gasteiger partial charge in [0.05, 0.1) is 7.11 Å². The van der Waals surface area contributed by atoms with Gasteiger partial charge in [-0.15, -0.1) is 0 Å². The molecule has 1 N–H and O–H groups in total. The maximum absolute atomic E-state index is 11.9. The van der Waals surface area contributed by atoms with Crippen LogP contribution in [0, 0.1) is 5.92 Å². The van der Waals surface area contributed by atoms with E-state index in [4.69, 9.17) is 9.47 Å². The molecule has 2 rings (SSSR count). The van der Waals surface area contributed by atoms with Crippen molar-refractivity contribution in [1.29, 1.82) is 0 Å². The minimum Gasteiger partial charge on any atom is -0.497 e. The molecule has 4 heteroatoms. The van der Waals surface area contributed by atoms with E-state index < -0.39 is 0 Å². The number of ether oxygens (including phenoxy) is 2. The maximum Gasteiger partial charge on any atom is 0.251 e. The van der Waals surface area contributed by atoms with Crippen molar-refractivity contribution >= 4 is 5.91 Å². The molecule has 1 saturated heterocycles. The quantitative estimate of drug-likeness (QED) is 0.886. The molecule has 98 valence electrons. The lowest BCUT2D eigenvalue weighted by atomic mass is 10.0. The molecule has 1 aliphatic heterocycles. The molecule has 1 aliphatic rings. The van der Waals surface area contributed by atoms with E-state index in [0.717, 1.165) is 38.3 Å². The summed E-state index contributed by atoms with van der Waals surface area (Å²) in [7, 11) is 1.61. The van der Waals surface area contributed by atoms with E-state index in [2.05, 4.69) is 5.32 Å². The fraction of sp³-hybridized carbons (Fsp3) is 0.500. The van der Waals surface area contributed by atoms with Crippen molar-refractivity contribution in [1.82, 2.24) is 5.32 Å². The van der Waals surface area contributed by atoms with Gasteiger partial charge in [0.1, 0.15) is 5.75 Å². The second-order valence-corrected chi connectivity index (χ2v) is 4.49. The molecule has 0 spiro atoms. The minimum atomic E-state index is -0.0239. The Kier molecular flexibility index (Phi) is 4.59. The Hall–Kier alpha value is -1.55. The van der Waals surface area contributed by atoms with Crippen LogP contribution in [0.4, 0.5) is 0 Å². The smallest absolute Gasteiger partial charge is 0.251 e. The van der Waals surface area contributed by atoms with Gasteiger partial charge in [0.2, 0.25) is 0 Å². The normalized spacial score (nSPS) is 16.3. The highest BCUT2D eigenvalue weighted by Gasteiger charge is 2.15. The first kappa shape index (κ1) is 12.9. The van der Waals surface area contributed by atoms with Crippen molar-refractivity contribution in [2.45, 2.75) is 12.8 Å². The zero-order valence-electron chi connectivity index (χ0n) is 10.6. The number of carbonyl (C=O) groups excluding carboxylic acids is 1. The van der Waals surface area contributed by atoms with E-state index >= 15 is 0 Å². The second-order valence-electron chi connectivity index (χ2n) is 4.49. The van der Waals surface area contributed by atoms with Gasteiger partial charge in [-0.1, -0.05) is 0 Å². The lowest BCUT2D eigenvalue weighted by Crippen LogP contribution is -2.32. The number of methoxy groups -OCH3 is 1. The Balaban J connectivity index is 1.82. The first-order valence-corrected chi connectivity index (χ1v) is 6.29. The van der Waals surface area contributed by atoms with Crippen molar-refractivity contribution in [2.24, 2.45) is 5.92 Å². The van der Waals surface area contributed by atoms with Gasteiger partial charge in [0.25, 0.3) is 5.91 Å². The first-order valence-electron chi connectivity index (χ1n) is 6.29. The molecule has 0 radical (unpaired) electrons. The predicted molar refractivity (Wildman–Crippen MR) is 68.9 cm³/mol. The Bertz CT molecular complexity index is 383. The number of amides is 1. The Labute approximate surface area is 107 Å². The van der Waals surface area contributed by atoms with E-state index in [-0.39, 0.29) is 5.91 Å². The highest BCUT2D eigenvalue weighted by atomic mass is 16.5. The number of hydrogen-bond acceptors (Lipinski definition) is 3. The van der Waals surface area contributed by atoms with Gasteiger partial charge in [-0.05, 0) is 43.0 Å². The molecule has 0 unspecified atom stereocenters. The average Bonchev–Trinajstić information content (AvgIpc) is 2.46. The molecule has 0 saturated carbocycles. The summed E-state index contributed by atoms with van der Waals surface area (Å²) in [5, 5.41) is 2.97. The molecule has 0 aliphatic carbocycles. The molecule has 0 bridgehead atoms. The topological polar surface area (TPSA) is 47.6 Å². The van der Waals surface area contributed by atoms with Crippen LogP contribution in [-0.4, -0.2) is 32.8 Å². The second kappa shape index (κ2) is 6.40. The largest absolute Gasteiger partial charge is 0.497 e. The lowest BCUT2D eigenvalue weighted by molar-refractivity contribution is 0.0642. The van der Waals surface area contributed by atoms with Crippen molar-refractivity contribution in [3.8, 4) is 5.75 Å². The first-order chi connectivity index (χ1) is 8.79. The van der Waals surface area contributed by atoms with E-state index in [1.807, 2.05) is 0 Å². The summed E-state index contributed by atoms with van der Waals surface area (Å²) in [4.78, 5) is 11.9. The van der Waals surface area contributed by atoms with E-state index in [1.165, 1.54) is 0 Å². The van der Waals surface area contributed by atoms with E-state index in [9.17, 15) is 4.79 Å². The lowest BCUT2D eigenvalue weighted by Gasteiger charge is -2.22. The number of benzene rings is 1. The van der Waals surface area contributed by atoms with Crippen LogP contribution in [0.15, 0.2) is 24.3 Å². The molecule has 1 aromatic carbocycles. The molecule has 1 fully saturated rings. The predicted octanol–water partition coefficient (Wildman–Crippen LogP) is 1.85. The third-order valence-corrected chi connectivity index (χ3v) is 3.24. The third kappa shape index (κ3) is 3.47. The summed E-state index contributed by atoms with van der Waals surface area (Å²) < 4.78 is 10.3. The molecular formula is C14H19NO3. The van der Waals surface area contributed by atoms with Crippen LogP contribution >= 0.6 is 0 Å². The zero-order chi connectivity index (χ0) is 12.8. The molecular weight excluding hydrogens is 230 g/mol. The van der Waals surface area contributed by atoms with Crippen LogP contribution in [0.1, 0.15) is 23.2 Å². The highest BCUT2D eigenvalue weighted by Crippen LogP contribution is 2.14. The molecule has 1 heterocycles. The third-order valence-electron chi connectivity index (χ3n) is 3.24. The van der Waals surface area contributed by atoms with Gasteiger partial charge < -0.3 is 14.8 Å². The standard InChI is InChI=1S/C14H19NO3/c1-17-13-4-2-12(3-5-13)14(16)15-10-11-6-8-18-9-7-11/h2-5,11H,6-10H2,1H3,(H,15,16). The van der Waals surface area contributed by atoms with Crippen molar-refractivity contribution in [2.75, 3.05) is 26.9 Å².